The molecule has 0 saturated carbocycles. The lowest BCUT2D eigenvalue weighted by Gasteiger charge is -2.27. The SMILES string of the molecule is CNc1ccc2c(c1-c1c(NC)ccc3nc4ccc(=[N+](C)C)cc-4sc13)Sc1cc(N(C)C)ccc1N2. The molecule has 3 aromatic carbocycles. The lowest BCUT2D eigenvalue weighted by molar-refractivity contribution is 0.814. The summed E-state index contributed by atoms with van der Waals surface area (Å²) in [6, 6.07) is 21.7. The molecule has 6 nitrogen and oxygen atoms in total. The topological polar surface area (TPSA) is 55.2 Å². The molecule has 0 saturated heterocycles. The maximum Gasteiger partial charge on any atom is 0.201 e. The summed E-state index contributed by atoms with van der Waals surface area (Å²) >= 11 is 3.63. The van der Waals surface area contributed by atoms with Crippen LogP contribution in [0.15, 0.2) is 70.5 Å². The monoisotopic (exact) mass is 539 g/mol. The van der Waals surface area contributed by atoms with Crippen LogP contribution in [0.25, 0.3) is 31.9 Å². The standard InChI is InChI=1S/C30H30N6S2/c1-31-21-11-13-23-29(37-25-15-17(35(3)4)7-9-19(25)33-23)27(21)28-22(32-2)12-14-24-30(28)38-26-16-18(36(5)6)8-10-20(26)34-24/h7-16H,1-6H3,(H2,31,32,33,34)/p+1. The van der Waals surface area contributed by atoms with Crippen molar-refractivity contribution in [3.8, 4) is 21.7 Å². The van der Waals surface area contributed by atoms with Crippen molar-refractivity contribution in [1.29, 1.82) is 0 Å². The number of hydrogen-bond acceptors (Lipinski definition) is 7. The van der Waals surface area contributed by atoms with Gasteiger partial charge in [0.25, 0.3) is 0 Å². The summed E-state index contributed by atoms with van der Waals surface area (Å²) < 4.78 is 3.30. The Morgan fingerprint density at radius 3 is 2.32 bits per heavy atom. The van der Waals surface area contributed by atoms with Crippen LogP contribution in [0.4, 0.5) is 28.4 Å². The molecule has 3 N–H and O–H groups in total. The van der Waals surface area contributed by atoms with E-state index in [1.807, 2.05) is 25.9 Å². The predicted octanol–water partition coefficient (Wildman–Crippen LogP) is 6.46. The van der Waals surface area contributed by atoms with Gasteiger partial charge in [-0.1, -0.05) is 11.8 Å². The minimum absolute atomic E-state index is 0.998. The molecule has 0 spiro atoms. The molecule has 0 amide bonds. The van der Waals surface area contributed by atoms with E-state index in [4.69, 9.17) is 4.98 Å². The Hall–Kier alpha value is -3.75. The average Bonchev–Trinajstić information content (AvgIpc) is 2.93. The molecule has 1 aliphatic carbocycles. The van der Waals surface area contributed by atoms with Crippen molar-refractivity contribution >= 4 is 61.8 Å². The molecule has 2 aliphatic heterocycles. The van der Waals surface area contributed by atoms with E-state index >= 15 is 0 Å². The maximum atomic E-state index is 5.09. The minimum atomic E-state index is 0.998. The quantitative estimate of drug-likeness (QED) is 0.177. The fraction of sp³-hybridized carbons (Fsp3) is 0.200. The lowest BCUT2D eigenvalue weighted by atomic mass is 9.99. The minimum Gasteiger partial charge on any atom is -0.388 e. The Balaban J connectivity index is 1.65. The van der Waals surface area contributed by atoms with E-state index in [2.05, 4.69) is 114 Å². The number of rotatable bonds is 4. The second-order valence-electron chi connectivity index (χ2n) is 9.76. The maximum absolute atomic E-state index is 5.09. The summed E-state index contributed by atoms with van der Waals surface area (Å²) in [7, 11) is 12.3. The summed E-state index contributed by atoms with van der Waals surface area (Å²) in [5, 5.41) is 11.8. The van der Waals surface area contributed by atoms with Gasteiger partial charge in [-0.3, -0.25) is 0 Å². The number of nitrogens with one attached hydrogen (secondary N) is 3. The molecule has 0 fully saturated rings. The molecule has 6 rings (SSSR count). The lowest BCUT2D eigenvalue weighted by Crippen LogP contribution is -2.21. The summed E-state index contributed by atoms with van der Waals surface area (Å²) in [4.78, 5) is 10.8. The highest BCUT2D eigenvalue weighted by atomic mass is 32.2. The van der Waals surface area contributed by atoms with Crippen LogP contribution in [-0.4, -0.2) is 47.3 Å². The molecule has 0 aromatic heterocycles. The van der Waals surface area contributed by atoms with Gasteiger partial charge in [-0.05, 0) is 48.5 Å². The van der Waals surface area contributed by atoms with Crippen LogP contribution < -0.4 is 30.8 Å². The van der Waals surface area contributed by atoms with E-state index in [1.165, 1.54) is 41.5 Å². The first-order valence-electron chi connectivity index (χ1n) is 12.5. The van der Waals surface area contributed by atoms with Crippen LogP contribution in [0.2, 0.25) is 0 Å². The van der Waals surface area contributed by atoms with Gasteiger partial charge in [-0.25, -0.2) is 9.56 Å². The third-order valence-electron chi connectivity index (χ3n) is 6.96. The Morgan fingerprint density at radius 1 is 0.842 bits per heavy atom. The van der Waals surface area contributed by atoms with Gasteiger partial charge in [0.05, 0.1) is 32.2 Å². The molecule has 3 aromatic rings. The normalized spacial score (nSPS) is 12.1. The molecule has 0 atom stereocenters. The van der Waals surface area contributed by atoms with Crippen molar-refractivity contribution in [2.45, 2.75) is 9.79 Å². The van der Waals surface area contributed by atoms with Crippen LogP contribution in [0.3, 0.4) is 0 Å². The number of nitrogens with zero attached hydrogens (tertiary/aromatic N) is 3. The van der Waals surface area contributed by atoms with Crippen molar-refractivity contribution in [3.05, 3.63) is 66.0 Å². The highest BCUT2D eigenvalue weighted by Gasteiger charge is 2.26. The summed E-state index contributed by atoms with van der Waals surface area (Å²) in [5.41, 5.74) is 9.96. The number of anilines is 5. The van der Waals surface area contributed by atoms with E-state index in [0.29, 0.717) is 0 Å². The Kier molecular flexibility index (Phi) is 6.16. The molecule has 0 radical (unpaired) electrons. The fourth-order valence-electron chi connectivity index (χ4n) is 4.89. The first-order chi connectivity index (χ1) is 18.4. The molecular formula is C30H31N6S2+. The van der Waals surface area contributed by atoms with E-state index in [-0.39, 0.29) is 0 Å². The van der Waals surface area contributed by atoms with Crippen molar-refractivity contribution in [3.63, 3.8) is 0 Å². The molecular weight excluding hydrogens is 509 g/mol. The zero-order valence-electron chi connectivity index (χ0n) is 22.4. The summed E-state index contributed by atoms with van der Waals surface area (Å²) in [6.07, 6.45) is 0. The van der Waals surface area contributed by atoms with Crippen LogP contribution in [0.5, 0.6) is 0 Å². The smallest absolute Gasteiger partial charge is 0.201 e. The van der Waals surface area contributed by atoms with Crippen molar-refractivity contribution in [2.75, 3.05) is 63.1 Å². The highest BCUT2D eigenvalue weighted by Crippen LogP contribution is 2.54. The van der Waals surface area contributed by atoms with E-state index in [0.717, 1.165) is 34.0 Å². The van der Waals surface area contributed by atoms with Gasteiger partial charge in [0, 0.05) is 78.3 Å². The van der Waals surface area contributed by atoms with Crippen LogP contribution in [0, 0.1) is 0 Å². The summed E-state index contributed by atoms with van der Waals surface area (Å²) in [6.45, 7) is 0. The van der Waals surface area contributed by atoms with Crippen molar-refractivity contribution in [2.24, 2.45) is 0 Å². The second kappa shape index (κ2) is 9.53. The molecule has 192 valence electrons. The average molecular weight is 540 g/mol. The van der Waals surface area contributed by atoms with Gasteiger partial charge in [-0.15, -0.1) is 11.3 Å². The van der Waals surface area contributed by atoms with Crippen LogP contribution in [-0.2, 0) is 0 Å². The molecule has 8 heteroatoms. The summed E-state index contributed by atoms with van der Waals surface area (Å²) in [5.74, 6) is 0. The second-order valence-corrected chi connectivity index (χ2v) is 11.9. The highest BCUT2D eigenvalue weighted by molar-refractivity contribution is 8.00. The number of benzene rings is 4. The van der Waals surface area contributed by atoms with Gasteiger partial charge in [-0.2, -0.15) is 0 Å². The molecule has 38 heavy (non-hydrogen) atoms. The van der Waals surface area contributed by atoms with Crippen molar-refractivity contribution in [1.82, 2.24) is 9.56 Å². The van der Waals surface area contributed by atoms with Crippen LogP contribution >= 0.6 is 23.1 Å². The van der Waals surface area contributed by atoms with E-state index < -0.39 is 0 Å². The van der Waals surface area contributed by atoms with Gasteiger partial charge < -0.3 is 20.9 Å². The molecule has 2 heterocycles. The van der Waals surface area contributed by atoms with Gasteiger partial charge in [0.1, 0.15) is 14.1 Å². The zero-order chi connectivity index (χ0) is 26.6. The first kappa shape index (κ1) is 24.6. The number of hydrogen-bond donors (Lipinski definition) is 3. The molecule has 0 unspecified atom stereocenters. The third kappa shape index (κ3) is 4.04. The number of aromatic nitrogens is 1. The van der Waals surface area contributed by atoms with Gasteiger partial charge in [0.2, 0.25) is 5.36 Å². The molecule has 0 bridgehead atoms. The largest absolute Gasteiger partial charge is 0.388 e. The van der Waals surface area contributed by atoms with Crippen LogP contribution in [0.1, 0.15) is 0 Å². The Morgan fingerprint density at radius 2 is 1.58 bits per heavy atom. The molecule has 3 aliphatic rings. The van der Waals surface area contributed by atoms with E-state index in [1.54, 1.807) is 11.3 Å². The van der Waals surface area contributed by atoms with E-state index in [9.17, 15) is 0 Å². The predicted molar refractivity (Wildman–Crippen MR) is 166 cm³/mol. The Bertz CT molecular complexity index is 1750. The van der Waals surface area contributed by atoms with Crippen molar-refractivity contribution < 1.29 is 0 Å². The van der Waals surface area contributed by atoms with Gasteiger partial charge >= 0.3 is 0 Å². The Labute approximate surface area is 231 Å². The third-order valence-corrected chi connectivity index (χ3v) is 9.31. The number of fused-ring (bicyclic) bond motifs is 4. The van der Waals surface area contributed by atoms with Gasteiger partial charge in [0.15, 0.2) is 0 Å². The first-order valence-corrected chi connectivity index (χ1v) is 14.2. The fourth-order valence-corrected chi connectivity index (χ4v) is 7.21. The zero-order valence-corrected chi connectivity index (χ0v) is 24.1.